The lowest BCUT2D eigenvalue weighted by atomic mass is 10.1. The predicted octanol–water partition coefficient (Wildman–Crippen LogP) is 1.39. The van der Waals surface area contributed by atoms with E-state index in [4.69, 9.17) is 5.73 Å². The van der Waals surface area contributed by atoms with Crippen molar-refractivity contribution in [2.45, 2.75) is 44.9 Å². The predicted molar refractivity (Wildman–Crippen MR) is 146 cm³/mol. The Morgan fingerprint density at radius 1 is 0.838 bits per heavy atom. The number of aromatic hydroxyl groups is 1. The van der Waals surface area contributed by atoms with Crippen molar-refractivity contribution in [3.8, 4) is 5.75 Å². The summed E-state index contributed by atoms with van der Waals surface area (Å²) in [6.45, 7) is 7.05. The SMILES string of the molecule is NCCCNCCCCNCCCN(O)CCCN(O)CCCNC(=O)Cc1c[nH]c2cccc(O)c12. The molecule has 11 heteroatoms. The highest BCUT2D eigenvalue weighted by atomic mass is 16.5. The number of carbonyl (C=O) groups excluding carboxylic acids is 1. The number of aromatic amines is 1. The highest BCUT2D eigenvalue weighted by Gasteiger charge is 2.12. The van der Waals surface area contributed by atoms with Crippen molar-refractivity contribution in [3.05, 3.63) is 30.0 Å². The molecule has 0 aliphatic carbocycles. The summed E-state index contributed by atoms with van der Waals surface area (Å²) in [7, 11) is 0. The van der Waals surface area contributed by atoms with Crippen LogP contribution in [0.5, 0.6) is 5.75 Å². The van der Waals surface area contributed by atoms with Gasteiger partial charge in [0.15, 0.2) is 0 Å². The van der Waals surface area contributed by atoms with Crippen LogP contribution in [0.3, 0.4) is 0 Å². The summed E-state index contributed by atoms with van der Waals surface area (Å²) >= 11 is 0. The molecule has 210 valence electrons. The van der Waals surface area contributed by atoms with Crippen molar-refractivity contribution in [1.82, 2.24) is 31.1 Å². The van der Waals surface area contributed by atoms with Crippen LogP contribution < -0.4 is 21.7 Å². The number of unbranched alkanes of at least 4 members (excludes halogenated alkanes) is 1. The van der Waals surface area contributed by atoms with Crippen LogP contribution in [0.4, 0.5) is 0 Å². The molecule has 0 unspecified atom stereocenters. The number of phenolic OH excluding ortho intramolecular Hbond substituents is 1. The van der Waals surface area contributed by atoms with Crippen LogP contribution in [-0.4, -0.2) is 102 Å². The van der Waals surface area contributed by atoms with Crippen LogP contribution in [-0.2, 0) is 11.2 Å². The number of rotatable bonds is 22. The molecule has 1 aromatic carbocycles. The van der Waals surface area contributed by atoms with Crippen molar-refractivity contribution >= 4 is 16.8 Å². The molecular weight excluding hydrogens is 474 g/mol. The largest absolute Gasteiger partial charge is 0.507 e. The van der Waals surface area contributed by atoms with Crippen molar-refractivity contribution in [2.75, 3.05) is 65.4 Å². The Hall–Kier alpha value is -2.25. The molecule has 0 fully saturated rings. The highest BCUT2D eigenvalue weighted by Crippen LogP contribution is 2.27. The van der Waals surface area contributed by atoms with E-state index >= 15 is 0 Å². The fourth-order valence-corrected chi connectivity index (χ4v) is 4.12. The van der Waals surface area contributed by atoms with Crippen LogP contribution in [0.15, 0.2) is 24.4 Å². The van der Waals surface area contributed by atoms with E-state index in [2.05, 4.69) is 20.9 Å². The van der Waals surface area contributed by atoms with Gasteiger partial charge in [0, 0.05) is 49.8 Å². The van der Waals surface area contributed by atoms with E-state index in [1.807, 2.05) is 6.07 Å². The number of nitrogens with two attached hydrogens (primary N) is 1. The monoisotopic (exact) mass is 521 g/mol. The summed E-state index contributed by atoms with van der Waals surface area (Å²) in [6.07, 6.45) is 7.34. The lowest BCUT2D eigenvalue weighted by Crippen LogP contribution is -2.31. The number of phenols is 1. The van der Waals surface area contributed by atoms with Crippen molar-refractivity contribution < 1.29 is 20.3 Å². The van der Waals surface area contributed by atoms with Crippen molar-refractivity contribution in [3.63, 3.8) is 0 Å². The Bertz CT molecular complexity index is 880. The number of hydrogen-bond acceptors (Lipinski definition) is 9. The van der Waals surface area contributed by atoms with E-state index in [0.717, 1.165) is 69.5 Å². The van der Waals surface area contributed by atoms with Crippen LogP contribution in [0, 0.1) is 0 Å². The van der Waals surface area contributed by atoms with E-state index in [1.54, 1.807) is 18.3 Å². The van der Waals surface area contributed by atoms with Crippen molar-refractivity contribution in [2.24, 2.45) is 5.73 Å². The molecule has 1 amide bonds. The molecule has 1 heterocycles. The topological polar surface area (TPSA) is 162 Å². The number of benzene rings is 1. The van der Waals surface area contributed by atoms with E-state index < -0.39 is 0 Å². The maximum Gasteiger partial charge on any atom is 0.224 e. The fourth-order valence-electron chi connectivity index (χ4n) is 4.12. The molecule has 0 aliphatic rings. The zero-order valence-corrected chi connectivity index (χ0v) is 22.1. The molecule has 0 saturated carbocycles. The van der Waals surface area contributed by atoms with Gasteiger partial charge in [0.25, 0.3) is 0 Å². The normalized spacial score (nSPS) is 11.7. The number of hydroxylamine groups is 4. The van der Waals surface area contributed by atoms with Crippen LogP contribution in [0.2, 0.25) is 0 Å². The molecule has 2 rings (SSSR count). The number of amides is 1. The molecule has 0 atom stereocenters. The van der Waals surface area contributed by atoms with E-state index in [-0.39, 0.29) is 18.1 Å². The standard InChI is InChI=1S/C26H47N7O4/c27-10-4-13-28-11-1-2-12-29-14-5-16-32(36)18-7-19-33(37)17-6-15-30-25(35)20-22-21-31-23-8-3-9-24(34)26(22)23/h3,8-9,21,28-29,31,34,36-37H,1-2,4-7,10-20,27H2,(H,30,35). The smallest absolute Gasteiger partial charge is 0.224 e. The molecule has 2 aromatic rings. The molecule has 0 radical (unpaired) electrons. The number of nitrogens with one attached hydrogen (secondary N) is 4. The summed E-state index contributed by atoms with van der Waals surface area (Å²) in [4.78, 5) is 15.3. The molecule has 9 N–H and O–H groups in total. The van der Waals surface area contributed by atoms with Gasteiger partial charge in [-0.25, -0.2) is 0 Å². The van der Waals surface area contributed by atoms with Crippen LogP contribution >= 0.6 is 0 Å². The van der Waals surface area contributed by atoms with Crippen LogP contribution in [0.1, 0.15) is 44.1 Å². The average molecular weight is 522 g/mol. The highest BCUT2D eigenvalue weighted by molar-refractivity contribution is 5.92. The average Bonchev–Trinajstić information content (AvgIpc) is 3.29. The van der Waals surface area contributed by atoms with Gasteiger partial charge in [0.05, 0.1) is 6.42 Å². The third-order valence-corrected chi connectivity index (χ3v) is 6.15. The second-order valence-electron chi connectivity index (χ2n) is 9.36. The lowest BCUT2D eigenvalue weighted by Gasteiger charge is -2.18. The van der Waals surface area contributed by atoms with Gasteiger partial charge in [-0.2, -0.15) is 10.1 Å². The summed E-state index contributed by atoms with van der Waals surface area (Å²) in [5, 5.41) is 42.9. The van der Waals surface area contributed by atoms with E-state index in [9.17, 15) is 20.3 Å². The number of carbonyl (C=O) groups is 1. The maximum atomic E-state index is 12.2. The van der Waals surface area contributed by atoms with Gasteiger partial charge in [-0.15, -0.1) is 0 Å². The van der Waals surface area contributed by atoms with Gasteiger partial charge in [-0.3, -0.25) is 4.79 Å². The second-order valence-corrected chi connectivity index (χ2v) is 9.36. The van der Waals surface area contributed by atoms with Gasteiger partial charge < -0.3 is 42.2 Å². The molecule has 0 aliphatic heterocycles. The van der Waals surface area contributed by atoms with E-state index in [1.165, 1.54) is 10.1 Å². The summed E-state index contributed by atoms with van der Waals surface area (Å²) in [6, 6.07) is 5.21. The minimum Gasteiger partial charge on any atom is -0.507 e. The number of nitrogens with zero attached hydrogens (tertiary/aromatic N) is 2. The third-order valence-electron chi connectivity index (χ3n) is 6.15. The molecular formula is C26H47N7O4. The van der Waals surface area contributed by atoms with Gasteiger partial charge >= 0.3 is 0 Å². The first-order chi connectivity index (χ1) is 18.0. The molecule has 37 heavy (non-hydrogen) atoms. The lowest BCUT2D eigenvalue weighted by molar-refractivity contribution is -0.121. The fraction of sp³-hybridized carbons (Fsp3) is 0.654. The summed E-state index contributed by atoms with van der Waals surface area (Å²) in [5.41, 5.74) is 7.01. The Morgan fingerprint density at radius 3 is 2.11 bits per heavy atom. The maximum absolute atomic E-state index is 12.2. The summed E-state index contributed by atoms with van der Waals surface area (Å²) in [5.74, 6) is 0.0266. The Balaban J connectivity index is 1.41. The first kappa shape index (κ1) is 31.0. The Morgan fingerprint density at radius 2 is 1.43 bits per heavy atom. The number of fused-ring (bicyclic) bond motifs is 1. The van der Waals surface area contributed by atoms with Gasteiger partial charge in [0.1, 0.15) is 5.75 Å². The quantitative estimate of drug-likeness (QED) is 0.0845. The Labute approximate surface area is 220 Å². The minimum absolute atomic E-state index is 0.130. The zero-order chi connectivity index (χ0) is 26.7. The van der Waals surface area contributed by atoms with E-state index in [0.29, 0.717) is 51.0 Å². The first-order valence-corrected chi connectivity index (χ1v) is 13.5. The van der Waals surface area contributed by atoms with Gasteiger partial charge in [0.2, 0.25) is 5.91 Å². The number of aromatic nitrogens is 1. The Kier molecular flexibility index (Phi) is 15.8. The molecule has 11 nitrogen and oxygen atoms in total. The molecule has 0 bridgehead atoms. The third kappa shape index (κ3) is 13.2. The first-order valence-electron chi connectivity index (χ1n) is 13.5. The van der Waals surface area contributed by atoms with Gasteiger partial charge in [-0.05, 0) is 88.9 Å². The molecule has 1 aromatic heterocycles. The number of H-pyrrole nitrogens is 1. The minimum atomic E-state index is -0.130. The van der Waals surface area contributed by atoms with Gasteiger partial charge in [-0.1, -0.05) is 6.07 Å². The number of hydrogen-bond donors (Lipinski definition) is 8. The van der Waals surface area contributed by atoms with Crippen molar-refractivity contribution in [1.29, 1.82) is 0 Å². The second kappa shape index (κ2) is 18.9. The molecule has 0 saturated heterocycles. The van der Waals surface area contributed by atoms with Crippen LogP contribution in [0.25, 0.3) is 10.9 Å². The zero-order valence-electron chi connectivity index (χ0n) is 22.1. The summed E-state index contributed by atoms with van der Waals surface area (Å²) < 4.78 is 0. The molecule has 0 spiro atoms.